The second-order valence-corrected chi connectivity index (χ2v) is 6.48. The summed E-state index contributed by atoms with van der Waals surface area (Å²) < 4.78 is 31.4. The minimum Gasteiger partial charge on any atom is -0.494 e. The van der Waals surface area contributed by atoms with Crippen molar-refractivity contribution in [2.45, 2.75) is 4.21 Å². The van der Waals surface area contributed by atoms with Gasteiger partial charge in [-0.1, -0.05) is 0 Å². The second-order valence-electron chi connectivity index (χ2n) is 3.43. The van der Waals surface area contributed by atoms with Crippen molar-refractivity contribution < 1.29 is 13.2 Å². The molecule has 0 atom stereocenters. The molecule has 1 aromatic rings. The fourth-order valence-corrected chi connectivity index (χ4v) is 4.48. The number of halogens is 1. The predicted octanol–water partition coefficient (Wildman–Crippen LogP) is 0.772. The lowest BCUT2D eigenvalue weighted by Gasteiger charge is -2.26. The zero-order valence-electron chi connectivity index (χ0n) is 9.38. The summed E-state index contributed by atoms with van der Waals surface area (Å²) in [6, 6.07) is 1.68. The van der Waals surface area contributed by atoms with Gasteiger partial charge in [-0.15, -0.1) is 23.7 Å². The normalized spacial score (nSPS) is 17.5. The van der Waals surface area contributed by atoms with Gasteiger partial charge in [-0.2, -0.15) is 4.31 Å². The highest BCUT2D eigenvalue weighted by molar-refractivity contribution is 7.91. The van der Waals surface area contributed by atoms with E-state index in [0.717, 1.165) is 0 Å². The van der Waals surface area contributed by atoms with E-state index < -0.39 is 10.0 Å². The molecule has 98 valence electrons. The Morgan fingerprint density at radius 2 is 2.06 bits per heavy atom. The number of sulfonamides is 1. The van der Waals surface area contributed by atoms with Crippen LogP contribution in [0.3, 0.4) is 0 Å². The number of nitrogens with one attached hydrogen (secondary N) is 1. The minimum absolute atomic E-state index is 0. The van der Waals surface area contributed by atoms with Crippen LogP contribution in [-0.4, -0.2) is 46.0 Å². The van der Waals surface area contributed by atoms with Crippen LogP contribution in [0.5, 0.6) is 5.75 Å². The molecule has 0 bridgehead atoms. The van der Waals surface area contributed by atoms with E-state index in [4.69, 9.17) is 4.74 Å². The Labute approximate surface area is 111 Å². The molecule has 2 heterocycles. The first-order valence-electron chi connectivity index (χ1n) is 4.98. The number of methoxy groups -OCH3 is 1. The van der Waals surface area contributed by atoms with E-state index in [1.807, 2.05) is 0 Å². The number of hydrogen-bond donors (Lipinski definition) is 1. The van der Waals surface area contributed by atoms with Crippen LogP contribution in [-0.2, 0) is 10.0 Å². The van der Waals surface area contributed by atoms with Crippen molar-refractivity contribution in [2.75, 3.05) is 33.3 Å². The second kappa shape index (κ2) is 6.01. The van der Waals surface area contributed by atoms with Crippen LogP contribution in [0.1, 0.15) is 0 Å². The molecule has 0 amide bonds. The molecule has 17 heavy (non-hydrogen) atoms. The zero-order chi connectivity index (χ0) is 11.6. The van der Waals surface area contributed by atoms with E-state index in [9.17, 15) is 8.42 Å². The average molecular weight is 299 g/mol. The number of nitrogens with zero attached hydrogens (tertiary/aromatic N) is 1. The van der Waals surface area contributed by atoms with Crippen LogP contribution in [0.4, 0.5) is 0 Å². The standard InChI is InChI=1S/C9H14N2O3S2.ClH/c1-14-8-2-7-15-9(8)16(12,13)11-5-3-10-4-6-11;/h2,7,10H,3-6H2,1H3;1H. The highest BCUT2D eigenvalue weighted by Crippen LogP contribution is 2.31. The number of hydrogen-bond acceptors (Lipinski definition) is 5. The molecular formula is C9H15ClN2O3S2. The van der Waals surface area contributed by atoms with Crippen molar-refractivity contribution >= 4 is 33.8 Å². The lowest BCUT2D eigenvalue weighted by Crippen LogP contribution is -2.46. The number of rotatable bonds is 3. The van der Waals surface area contributed by atoms with Gasteiger partial charge in [-0.25, -0.2) is 8.42 Å². The zero-order valence-corrected chi connectivity index (χ0v) is 11.8. The lowest BCUT2D eigenvalue weighted by atomic mass is 10.4. The molecule has 0 unspecified atom stereocenters. The highest BCUT2D eigenvalue weighted by Gasteiger charge is 2.29. The van der Waals surface area contributed by atoms with Crippen LogP contribution < -0.4 is 10.1 Å². The first-order valence-corrected chi connectivity index (χ1v) is 7.30. The van der Waals surface area contributed by atoms with Gasteiger partial charge in [0.15, 0.2) is 4.21 Å². The first kappa shape index (κ1) is 14.7. The summed E-state index contributed by atoms with van der Waals surface area (Å²) in [7, 11) is -1.89. The van der Waals surface area contributed by atoms with Crippen molar-refractivity contribution in [1.82, 2.24) is 9.62 Å². The molecule has 8 heteroatoms. The summed E-state index contributed by atoms with van der Waals surface area (Å²) in [4.78, 5) is 0. The Kier molecular flexibility index (Phi) is 5.21. The fourth-order valence-electron chi connectivity index (χ4n) is 1.62. The maximum atomic E-state index is 12.3. The summed E-state index contributed by atoms with van der Waals surface area (Å²) in [5.41, 5.74) is 0. The smallest absolute Gasteiger partial charge is 0.256 e. The Morgan fingerprint density at radius 1 is 1.41 bits per heavy atom. The van der Waals surface area contributed by atoms with Crippen LogP contribution >= 0.6 is 23.7 Å². The van der Waals surface area contributed by atoms with Gasteiger partial charge in [0.1, 0.15) is 5.75 Å². The molecule has 1 fully saturated rings. The van der Waals surface area contributed by atoms with Crippen molar-refractivity contribution in [3.63, 3.8) is 0 Å². The Morgan fingerprint density at radius 3 is 2.65 bits per heavy atom. The van der Waals surface area contributed by atoms with Crippen molar-refractivity contribution in [3.05, 3.63) is 11.4 Å². The van der Waals surface area contributed by atoms with E-state index >= 15 is 0 Å². The molecule has 0 radical (unpaired) electrons. The van der Waals surface area contributed by atoms with Gasteiger partial charge in [0.25, 0.3) is 10.0 Å². The van der Waals surface area contributed by atoms with Crippen molar-refractivity contribution in [1.29, 1.82) is 0 Å². The third-order valence-corrected chi connectivity index (χ3v) is 5.79. The summed E-state index contributed by atoms with van der Waals surface area (Å²) >= 11 is 1.20. The maximum absolute atomic E-state index is 12.3. The molecule has 5 nitrogen and oxygen atoms in total. The largest absolute Gasteiger partial charge is 0.494 e. The Hall–Kier alpha value is -0.340. The number of thiophene rings is 1. The predicted molar refractivity (Wildman–Crippen MR) is 69.7 cm³/mol. The summed E-state index contributed by atoms with van der Waals surface area (Å²) in [6.07, 6.45) is 0. The van der Waals surface area contributed by atoms with E-state index in [2.05, 4.69) is 5.32 Å². The van der Waals surface area contributed by atoms with Gasteiger partial charge < -0.3 is 10.1 Å². The summed E-state index contributed by atoms with van der Waals surface area (Å²) in [6.45, 7) is 2.44. The highest BCUT2D eigenvalue weighted by atomic mass is 35.5. The van der Waals surface area contributed by atoms with Gasteiger partial charge in [-0.3, -0.25) is 0 Å². The summed E-state index contributed by atoms with van der Waals surface area (Å²) in [5, 5.41) is 4.86. The molecule has 0 aromatic carbocycles. The quantitative estimate of drug-likeness (QED) is 0.896. The molecule has 0 saturated carbocycles. The summed E-state index contributed by atoms with van der Waals surface area (Å²) in [5.74, 6) is 0.434. The van der Waals surface area contributed by atoms with Gasteiger partial charge in [0.2, 0.25) is 0 Å². The van der Waals surface area contributed by atoms with E-state index in [0.29, 0.717) is 36.1 Å². The van der Waals surface area contributed by atoms with E-state index in [1.54, 1.807) is 11.4 Å². The average Bonchev–Trinajstić information content (AvgIpc) is 2.79. The third-order valence-electron chi connectivity index (χ3n) is 2.47. The molecule has 1 aliphatic rings. The molecule has 1 saturated heterocycles. The number of piperazine rings is 1. The van der Waals surface area contributed by atoms with Crippen LogP contribution in [0.15, 0.2) is 15.7 Å². The minimum atomic E-state index is -3.37. The lowest BCUT2D eigenvalue weighted by molar-refractivity contribution is 0.357. The van der Waals surface area contributed by atoms with Crippen molar-refractivity contribution in [3.8, 4) is 5.75 Å². The van der Waals surface area contributed by atoms with Crippen molar-refractivity contribution in [2.24, 2.45) is 0 Å². The van der Waals surface area contributed by atoms with Gasteiger partial charge in [0.05, 0.1) is 7.11 Å². The van der Waals surface area contributed by atoms with Crippen LogP contribution in [0, 0.1) is 0 Å². The monoisotopic (exact) mass is 298 g/mol. The first-order chi connectivity index (χ1) is 7.66. The molecule has 1 aromatic heterocycles. The molecule has 2 rings (SSSR count). The SMILES string of the molecule is COc1ccsc1S(=O)(=O)N1CCNCC1.Cl. The molecule has 1 aliphatic heterocycles. The Balaban J connectivity index is 0.00000144. The molecular weight excluding hydrogens is 284 g/mol. The van der Waals surface area contributed by atoms with Gasteiger partial charge in [0, 0.05) is 26.2 Å². The molecule has 1 N–H and O–H groups in total. The molecule has 0 spiro atoms. The van der Waals surface area contributed by atoms with Crippen LogP contribution in [0.2, 0.25) is 0 Å². The topological polar surface area (TPSA) is 58.6 Å². The van der Waals surface area contributed by atoms with E-state index in [1.165, 1.54) is 22.8 Å². The van der Waals surface area contributed by atoms with Gasteiger partial charge in [-0.05, 0) is 11.4 Å². The third kappa shape index (κ3) is 2.92. The Bertz CT molecular complexity index is 455. The number of ether oxygens (including phenoxy) is 1. The maximum Gasteiger partial charge on any atom is 0.256 e. The molecule has 0 aliphatic carbocycles. The fraction of sp³-hybridized carbons (Fsp3) is 0.556. The van der Waals surface area contributed by atoms with Gasteiger partial charge >= 0.3 is 0 Å². The van der Waals surface area contributed by atoms with E-state index in [-0.39, 0.29) is 12.4 Å². The van der Waals surface area contributed by atoms with Crippen LogP contribution in [0.25, 0.3) is 0 Å².